The van der Waals surface area contributed by atoms with Crippen LogP contribution in [-0.2, 0) is 4.74 Å². The molecule has 1 fully saturated rings. The Morgan fingerprint density at radius 3 is 3.12 bits per heavy atom. The molecule has 2 unspecified atom stereocenters. The van der Waals surface area contributed by atoms with E-state index in [4.69, 9.17) is 4.74 Å². The van der Waals surface area contributed by atoms with Crippen molar-refractivity contribution in [2.24, 2.45) is 0 Å². The molecule has 3 heteroatoms. The second-order valence-corrected chi connectivity index (χ2v) is 5.73. The van der Waals surface area contributed by atoms with Gasteiger partial charge in [0, 0.05) is 24.1 Å². The first-order chi connectivity index (χ1) is 8.40. The lowest BCUT2D eigenvalue weighted by Crippen LogP contribution is -2.33. The number of rotatable bonds is 6. The summed E-state index contributed by atoms with van der Waals surface area (Å²) in [6, 6.07) is 4.90. The lowest BCUT2D eigenvalue weighted by Gasteiger charge is -2.25. The fraction of sp³-hybridized carbons (Fsp3) is 0.714. The van der Waals surface area contributed by atoms with Crippen molar-refractivity contribution in [2.75, 3.05) is 13.2 Å². The van der Waals surface area contributed by atoms with Gasteiger partial charge in [0.15, 0.2) is 0 Å². The Hall–Kier alpha value is -0.380. The Morgan fingerprint density at radius 1 is 1.53 bits per heavy atom. The average Bonchev–Trinajstić information content (AvgIpc) is 2.89. The van der Waals surface area contributed by atoms with E-state index < -0.39 is 0 Å². The monoisotopic (exact) mass is 253 g/mol. The van der Waals surface area contributed by atoms with Crippen LogP contribution in [-0.4, -0.2) is 19.3 Å². The number of thiophene rings is 1. The lowest BCUT2D eigenvalue weighted by atomic mass is 10.1. The molecule has 1 aromatic rings. The summed E-state index contributed by atoms with van der Waals surface area (Å²) in [4.78, 5) is 1.46. The molecule has 0 aromatic carbocycles. The molecule has 1 aliphatic rings. The van der Waals surface area contributed by atoms with E-state index in [1.165, 1.54) is 37.0 Å². The minimum Gasteiger partial charge on any atom is -0.377 e. The topological polar surface area (TPSA) is 21.3 Å². The zero-order valence-electron chi connectivity index (χ0n) is 10.7. The minimum absolute atomic E-state index is 0.433. The van der Waals surface area contributed by atoms with E-state index in [1.807, 2.05) is 11.3 Å². The van der Waals surface area contributed by atoms with Crippen LogP contribution < -0.4 is 5.32 Å². The predicted molar refractivity (Wildman–Crippen MR) is 73.6 cm³/mol. The summed E-state index contributed by atoms with van der Waals surface area (Å²) in [5.41, 5.74) is 0. The number of ether oxygens (including phenoxy) is 1. The Balaban J connectivity index is 1.81. The zero-order valence-corrected chi connectivity index (χ0v) is 11.5. The molecule has 0 amide bonds. The highest BCUT2D eigenvalue weighted by atomic mass is 32.1. The summed E-state index contributed by atoms with van der Waals surface area (Å²) >= 11 is 1.85. The molecular formula is C14H23NOS. The number of nitrogens with one attached hydrogen (secondary N) is 1. The third-order valence-corrected chi connectivity index (χ3v) is 4.32. The Bertz CT molecular complexity index is 293. The van der Waals surface area contributed by atoms with Crippen LogP contribution >= 0.6 is 11.3 Å². The standard InChI is InChI=1S/C14H23NOS/c1-2-6-13(14-8-5-10-17-14)15-11-12-7-3-4-9-16-12/h5,8,10,12-13,15H,2-4,6-7,9,11H2,1H3. The number of hydrogen-bond donors (Lipinski definition) is 1. The van der Waals surface area contributed by atoms with Crippen molar-refractivity contribution in [3.05, 3.63) is 22.4 Å². The highest BCUT2D eigenvalue weighted by Crippen LogP contribution is 2.23. The highest BCUT2D eigenvalue weighted by Gasteiger charge is 2.17. The predicted octanol–water partition coefficient (Wildman–Crippen LogP) is 3.75. The van der Waals surface area contributed by atoms with Crippen LogP contribution in [0.15, 0.2) is 17.5 Å². The van der Waals surface area contributed by atoms with E-state index in [-0.39, 0.29) is 0 Å². The van der Waals surface area contributed by atoms with Crippen LogP contribution in [0.3, 0.4) is 0 Å². The van der Waals surface area contributed by atoms with E-state index >= 15 is 0 Å². The van der Waals surface area contributed by atoms with Crippen LogP contribution in [0.1, 0.15) is 49.9 Å². The van der Waals surface area contributed by atoms with E-state index in [9.17, 15) is 0 Å². The molecule has 17 heavy (non-hydrogen) atoms. The maximum atomic E-state index is 5.76. The Labute approximate surface area is 108 Å². The molecule has 96 valence electrons. The number of hydrogen-bond acceptors (Lipinski definition) is 3. The van der Waals surface area contributed by atoms with Gasteiger partial charge in [0.1, 0.15) is 0 Å². The molecule has 1 saturated heterocycles. The molecule has 2 heterocycles. The Kier molecular flexibility index (Phi) is 5.49. The van der Waals surface area contributed by atoms with Crippen molar-refractivity contribution < 1.29 is 4.74 Å². The Morgan fingerprint density at radius 2 is 2.47 bits per heavy atom. The molecule has 2 atom stereocenters. The summed E-state index contributed by atoms with van der Waals surface area (Å²) in [6.45, 7) is 4.20. The van der Waals surface area contributed by atoms with E-state index in [0.717, 1.165) is 13.2 Å². The van der Waals surface area contributed by atoms with Gasteiger partial charge in [-0.05, 0) is 37.1 Å². The summed E-state index contributed by atoms with van der Waals surface area (Å²) in [6.07, 6.45) is 6.65. The first-order valence-electron chi connectivity index (χ1n) is 6.78. The van der Waals surface area contributed by atoms with Gasteiger partial charge in [0.25, 0.3) is 0 Å². The van der Waals surface area contributed by atoms with Crippen LogP contribution in [0.2, 0.25) is 0 Å². The van der Waals surface area contributed by atoms with Gasteiger partial charge in [-0.3, -0.25) is 0 Å². The van der Waals surface area contributed by atoms with Gasteiger partial charge in [0.05, 0.1) is 6.10 Å². The smallest absolute Gasteiger partial charge is 0.0699 e. The molecule has 0 bridgehead atoms. The summed E-state index contributed by atoms with van der Waals surface area (Å²) < 4.78 is 5.76. The van der Waals surface area contributed by atoms with Gasteiger partial charge in [-0.1, -0.05) is 19.4 Å². The first-order valence-corrected chi connectivity index (χ1v) is 7.66. The van der Waals surface area contributed by atoms with Crippen LogP contribution in [0, 0.1) is 0 Å². The molecule has 2 rings (SSSR count). The SMILES string of the molecule is CCCC(NCC1CCCCO1)c1cccs1. The third-order valence-electron chi connectivity index (χ3n) is 3.33. The second kappa shape index (κ2) is 7.14. The van der Waals surface area contributed by atoms with Crippen molar-refractivity contribution in [3.63, 3.8) is 0 Å². The van der Waals surface area contributed by atoms with Gasteiger partial charge >= 0.3 is 0 Å². The molecule has 1 aromatic heterocycles. The van der Waals surface area contributed by atoms with Crippen LogP contribution in [0.25, 0.3) is 0 Å². The van der Waals surface area contributed by atoms with Crippen molar-refractivity contribution in [3.8, 4) is 0 Å². The molecule has 1 aliphatic heterocycles. The fourth-order valence-corrected chi connectivity index (χ4v) is 3.20. The molecule has 1 N–H and O–H groups in total. The van der Waals surface area contributed by atoms with Gasteiger partial charge in [-0.2, -0.15) is 0 Å². The normalized spacial score (nSPS) is 22.5. The van der Waals surface area contributed by atoms with E-state index in [0.29, 0.717) is 12.1 Å². The van der Waals surface area contributed by atoms with Crippen LogP contribution in [0.5, 0.6) is 0 Å². The fourth-order valence-electron chi connectivity index (χ4n) is 2.37. The largest absolute Gasteiger partial charge is 0.377 e. The average molecular weight is 253 g/mol. The molecule has 0 spiro atoms. The molecule has 2 nitrogen and oxygen atoms in total. The van der Waals surface area contributed by atoms with Gasteiger partial charge in [-0.15, -0.1) is 11.3 Å². The van der Waals surface area contributed by atoms with Gasteiger partial charge in [-0.25, -0.2) is 0 Å². The quantitative estimate of drug-likeness (QED) is 0.833. The van der Waals surface area contributed by atoms with Crippen molar-refractivity contribution in [1.82, 2.24) is 5.32 Å². The van der Waals surface area contributed by atoms with Crippen molar-refractivity contribution in [2.45, 2.75) is 51.2 Å². The second-order valence-electron chi connectivity index (χ2n) is 4.75. The third kappa shape index (κ3) is 4.09. The highest BCUT2D eigenvalue weighted by molar-refractivity contribution is 7.10. The summed E-state index contributed by atoms with van der Waals surface area (Å²) in [5, 5.41) is 5.84. The minimum atomic E-state index is 0.433. The molecular weight excluding hydrogens is 230 g/mol. The maximum absolute atomic E-state index is 5.76. The first kappa shape index (κ1) is 13.1. The summed E-state index contributed by atoms with van der Waals surface area (Å²) in [7, 11) is 0. The van der Waals surface area contributed by atoms with Crippen molar-refractivity contribution in [1.29, 1.82) is 0 Å². The zero-order chi connectivity index (χ0) is 11.9. The van der Waals surface area contributed by atoms with E-state index in [1.54, 1.807) is 0 Å². The lowest BCUT2D eigenvalue weighted by molar-refractivity contribution is 0.0152. The van der Waals surface area contributed by atoms with Gasteiger partial charge < -0.3 is 10.1 Å². The summed E-state index contributed by atoms with van der Waals surface area (Å²) in [5.74, 6) is 0. The molecule has 0 radical (unpaired) electrons. The van der Waals surface area contributed by atoms with Gasteiger partial charge in [0.2, 0.25) is 0 Å². The van der Waals surface area contributed by atoms with Crippen molar-refractivity contribution >= 4 is 11.3 Å². The molecule has 0 saturated carbocycles. The molecule has 0 aliphatic carbocycles. The van der Waals surface area contributed by atoms with Crippen LogP contribution in [0.4, 0.5) is 0 Å². The maximum Gasteiger partial charge on any atom is 0.0699 e. The van der Waals surface area contributed by atoms with E-state index in [2.05, 4.69) is 29.8 Å².